The molecule has 27 nitrogen and oxygen atoms in total. The molecule has 0 saturated heterocycles. The molecule has 2 aromatic heterocycles. The van der Waals surface area contributed by atoms with Gasteiger partial charge in [-0.05, 0) is 73.2 Å². The summed E-state index contributed by atoms with van der Waals surface area (Å²) in [5.41, 5.74) is 8.58. The number of benzene rings is 2. The summed E-state index contributed by atoms with van der Waals surface area (Å²) in [6.07, 6.45) is 5.42. The lowest BCUT2D eigenvalue weighted by Gasteiger charge is -2.35. The first-order chi connectivity index (χ1) is 41.7. The van der Waals surface area contributed by atoms with Gasteiger partial charge >= 0.3 is 12.1 Å². The number of ether oxygens (including phenoxy) is 9. The van der Waals surface area contributed by atoms with Crippen LogP contribution < -0.4 is 33.1 Å². The average Bonchev–Trinajstić information content (AvgIpc) is 1.50. The fraction of sp³-hybridized carbons (Fsp3) is 0.475. The van der Waals surface area contributed by atoms with E-state index in [0.717, 1.165) is 16.5 Å². The highest BCUT2D eigenvalue weighted by Gasteiger charge is 2.51. The minimum absolute atomic E-state index is 0.0614. The van der Waals surface area contributed by atoms with Crippen molar-refractivity contribution in [3.05, 3.63) is 111 Å². The van der Waals surface area contributed by atoms with Crippen molar-refractivity contribution >= 4 is 58.3 Å². The van der Waals surface area contributed by atoms with Gasteiger partial charge in [0.1, 0.15) is 32.2 Å². The van der Waals surface area contributed by atoms with E-state index in [0.29, 0.717) is 139 Å². The van der Waals surface area contributed by atoms with E-state index in [9.17, 15) is 43.5 Å². The molecule has 1 atom stereocenters. The molecular formula is C59H75N9O18. The number of nitrogens with two attached hydrogens (primary N) is 2. The molecule has 0 aliphatic carbocycles. The largest absolute Gasteiger partial charge is 0.510 e. The first-order valence-corrected chi connectivity index (χ1v) is 28.5. The van der Waals surface area contributed by atoms with Crippen LogP contribution >= 0.6 is 0 Å². The lowest BCUT2D eigenvalue weighted by atomic mass is 9.85. The number of nitrogens with zero attached hydrogens (tertiary/aromatic N) is 4. The zero-order valence-electron chi connectivity index (χ0n) is 48.4. The number of phenolic OH excluding ortho intramolecular Hbond substituents is 1. The highest BCUT2D eigenvalue weighted by Crippen LogP contribution is 2.42. The van der Waals surface area contributed by atoms with Crippen molar-refractivity contribution in [2.75, 3.05) is 111 Å². The fourth-order valence-electron chi connectivity index (χ4n) is 9.66. The lowest BCUT2D eigenvalue weighted by molar-refractivity contribution is -0.175. The summed E-state index contributed by atoms with van der Waals surface area (Å²) in [7, 11) is 0. The number of fused-ring (bicyclic) bond motifs is 5. The van der Waals surface area contributed by atoms with Gasteiger partial charge in [-0.25, -0.2) is 20.4 Å². The van der Waals surface area contributed by atoms with Crippen LogP contribution in [0.4, 0.5) is 10.5 Å². The van der Waals surface area contributed by atoms with Gasteiger partial charge in [-0.15, -0.1) is 0 Å². The second kappa shape index (κ2) is 32.8. The lowest BCUT2D eigenvalue weighted by Crippen LogP contribution is -2.47. The molecule has 1 unspecified atom stereocenters. The number of anilines is 1. The third-order valence-electron chi connectivity index (χ3n) is 14.2. The van der Waals surface area contributed by atoms with Gasteiger partial charge in [-0.3, -0.25) is 33.7 Å². The Balaban J connectivity index is 0.663. The number of hydrogen-bond acceptors (Lipinski definition) is 22. The predicted octanol–water partition coefficient (Wildman–Crippen LogP) is 2.44. The van der Waals surface area contributed by atoms with Gasteiger partial charge < -0.3 is 79.0 Å². The summed E-state index contributed by atoms with van der Waals surface area (Å²) in [5, 5.41) is 20.5. The molecule has 0 radical (unpaired) electrons. The van der Waals surface area contributed by atoms with E-state index in [-0.39, 0.29) is 87.1 Å². The van der Waals surface area contributed by atoms with E-state index in [4.69, 9.17) is 59.2 Å². The summed E-state index contributed by atoms with van der Waals surface area (Å²) < 4.78 is 51.1. The molecule has 464 valence electrons. The van der Waals surface area contributed by atoms with Crippen molar-refractivity contribution in [3.63, 3.8) is 0 Å². The van der Waals surface area contributed by atoms with Crippen molar-refractivity contribution in [2.24, 2.45) is 11.6 Å². The Morgan fingerprint density at radius 3 is 2.10 bits per heavy atom. The van der Waals surface area contributed by atoms with Gasteiger partial charge in [-0.2, -0.15) is 0 Å². The Hall–Kier alpha value is -8.31. The van der Waals surface area contributed by atoms with Crippen LogP contribution in [0.2, 0.25) is 0 Å². The minimum Gasteiger partial charge on any atom is -0.508 e. The molecule has 4 aromatic rings. The number of unbranched alkanes of at least 4 members (excludes halogenated alkanes) is 2. The van der Waals surface area contributed by atoms with Crippen LogP contribution in [0.25, 0.3) is 22.3 Å². The van der Waals surface area contributed by atoms with Crippen molar-refractivity contribution in [1.29, 1.82) is 0 Å². The van der Waals surface area contributed by atoms with Crippen LogP contribution in [0.15, 0.2) is 77.4 Å². The molecule has 2 aromatic carbocycles. The number of aromatic hydroxyl groups is 1. The number of cyclic esters (lactones) is 1. The minimum atomic E-state index is -1.98. The molecule has 5 heterocycles. The summed E-state index contributed by atoms with van der Waals surface area (Å²) in [4.78, 5) is 107. The molecule has 86 heavy (non-hydrogen) atoms. The molecule has 0 bridgehead atoms. The number of aryl methyl sites for hydroxylation is 1. The summed E-state index contributed by atoms with van der Waals surface area (Å²) >= 11 is 0. The Kier molecular flexibility index (Phi) is 24.9. The second-order valence-corrected chi connectivity index (χ2v) is 19.9. The third-order valence-corrected chi connectivity index (χ3v) is 14.2. The van der Waals surface area contributed by atoms with Crippen LogP contribution in [0.1, 0.15) is 73.8 Å². The zero-order valence-corrected chi connectivity index (χ0v) is 48.4. The molecule has 8 N–H and O–H groups in total. The topological polar surface area (TPSA) is 352 Å². The van der Waals surface area contributed by atoms with Gasteiger partial charge in [0.05, 0.1) is 114 Å². The number of hydrazine groups is 1. The number of amides is 5. The van der Waals surface area contributed by atoms with Crippen molar-refractivity contribution in [1.82, 2.24) is 30.1 Å². The monoisotopic (exact) mass is 1200 g/mol. The molecular weight excluding hydrogens is 1120 g/mol. The van der Waals surface area contributed by atoms with Crippen LogP contribution in [0, 0.1) is 0 Å². The van der Waals surface area contributed by atoms with E-state index >= 15 is 0 Å². The van der Waals surface area contributed by atoms with Crippen molar-refractivity contribution in [2.45, 2.75) is 77.7 Å². The standard InChI is InChI=1S/C59H75N9O18/c1-3-43-44-30-42(69)13-14-48(44)65-55-45(43)34-67-49(55)31-47-46(56(67)75)36-84-57(76)59(47,4-2)86-58(77)85-35-39-9-11-40(12-10-39)64-52(72)38-83-37-51(71)62-17-20-78-22-24-80-26-28-82-29-27-81-25-23-79-21-19-68(61)41(32-60)33-63-50(70)8-6-5-7-18-66-53(73)15-16-54(66)74/h9-16,30-32,69H,3-8,17-29,33-38,60-61H2,1-2H3,(H,62,71)(H,63,70)(H,64,72)/b41-32-. The quantitative estimate of drug-likeness (QED) is 0.0109. The molecule has 0 saturated carbocycles. The number of carbonyl (C=O) groups excluding carboxylic acids is 7. The molecule has 0 fully saturated rings. The zero-order chi connectivity index (χ0) is 61.4. The Morgan fingerprint density at radius 2 is 1.44 bits per heavy atom. The SMILES string of the molecule is CCc1c2c(nc3ccc(O)cc13)-c1cc3c(c(=O)n1C2)COC(=O)C3(CC)OC(=O)OCc1ccc(NC(=O)COCC(=O)NCCOCCOCCOCCOCCOCCN(N)/C(=C\N)CNC(=O)CCCCCN2C(=O)C=CC2=O)cc1. The van der Waals surface area contributed by atoms with Gasteiger partial charge in [0.15, 0.2) is 0 Å². The Labute approximate surface area is 496 Å². The van der Waals surface area contributed by atoms with Crippen LogP contribution in [0.5, 0.6) is 5.75 Å². The Bertz CT molecular complexity index is 3150. The number of pyridine rings is 2. The number of phenols is 1. The normalized spacial score (nSPS) is 15.1. The second-order valence-electron chi connectivity index (χ2n) is 19.9. The number of esters is 1. The Morgan fingerprint density at radius 1 is 0.779 bits per heavy atom. The maximum atomic E-state index is 14.0. The first kappa shape index (κ1) is 65.2. The highest BCUT2D eigenvalue weighted by molar-refractivity contribution is 6.12. The molecule has 27 heteroatoms. The molecule has 7 rings (SSSR count). The third kappa shape index (κ3) is 17.9. The van der Waals surface area contributed by atoms with E-state index in [2.05, 4.69) is 16.0 Å². The summed E-state index contributed by atoms with van der Waals surface area (Å²) in [6, 6.07) is 12.9. The van der Waals surface area contributed by atoms with Crippen LogP contribution in [0.3, 0.4) is 0 Å². The number of nitrogens with one attached hydrogen (secondary N) is 3. The maximum Gasteiger partial charge on any atom is 0.510 e. The van der Waals surface area contributed by atoms with Crippen LogP contribution in [-0.4, -0.2) is 172 Å². The molecule has 3 aliphatic heterocycles. The van der Waals surface area contributed by atoms with Crippen molar-refractivity contribution in [3.8, 4) is 17.1 Å². The number of imide groups is 1. The van der Waals surface area contributed by atoms with Gasteiger partial charge in [-0.1, -0.05) is 32.4 Å². The van der Waals surface area contributed by atoms with E-state index in [1.165, 1.54) is 28.3 Å². The average molecular weight is 1200 g/mol. The molecule has 3 aliphatic rings. The smallest absolute Gasteiger partial charge is 0.508 e. The predicted molar refractivity (Wildman–Crippen MR) is 308 cm³/mol. The number of carbonyl (C=O) groups is 7. The molecule has 0 spiro atoms. The van der Waals surface area contributed by atoms with Gasteiger partial charge in [0.2, 0.25) is 23.3 Å². The number of aromatic nitrogens is 2. The van der Waals surface area contributed by atoms with E-state index in [1.807, 2.05) is 6.92 Å². The highest BCUT2D eigenvalue weighted by atomic mass is 16.7. The molecule has 5 amide bonds. The van der Waals surface area contributed by atoms with Crippen molar-refractivity contribution < 1.29 is 81.3 Å². The summed E-state index contributed by atoms with van der Waals surface area (Å²) in [5.74, 6) is 3.60. The maximum absolute atomic E-state index is 14.0. The fourth-order valence-corrected chi connectivity index (χ4v) is 9.66. The van der Waals surface area contributed by atoms with Gasteiger partial charge in [0.25, 0.3) is 17.4 Å². The van der Waals surface area contributed by atoms with Gasteiger partial charge in [0, 0.05) is 60.1 Å². The van der Waals surface area contributed by atoms with E-state index < -0.39 is 41.7 Å². The van der Waals surface area contributed by atoms with Crippen LogP contribution in [-0.2, 0) is 103 Å². The number of rotatable bonds is 37. The first-order valence-electron chi connectivity index (χ1n) is 28.5. The summed E-state index contributed by atoms with van der Waals surface area (Å²) in [6.45, 7) is 6.89. The number of hydrogen-bond donors (Lipinski definition) is 6. The van der Waals surface area contributed by atoms with E-state index in [1.54, 1.807) is 60.0 Å².